The highest BCUT2D eigenvalue weighted by Gasteiger charge is 2.36. The van der Waals surface area contributed by atoms with Crippen LogP contribution < -0.4 is 0 Å². The van der Waals surface area contributed by atoms with Crippen LogP contribution in [0.4, 0.5) is 9.18 Å². The minimum absolute atomic E-state index is 0.0114. The zero-order chi connectivity index (χ0) is 24.5. The fourth-order valence-electron chi connectivity index (χ4n) is 4.20. The summed E-state index contributed by atoms with van der Waals surface area (Å²) in [6.07, 6.45) is 3.45. The topological polar surface area (TPSA) is 71.9 Å². The SMILES string of the molecule is O=C(Cn1cc(/C=C2/SC(=O)N(Cc3c(F)cccc3Cl)C2=O)c2ccccc21)N1CCOCC1. The fourth-order valence-corrected chi connectivity index (χ4v) is 5.25. The third-order valence-corrected chi connectivity index (χ3v) is 7.29. The lowest BCUT2D eigenvalue weighted by Gasteiger charge is -2.27. The molecule has 1 aromatic heterocycles. The molecule has 2 aliphatic heterocycles. The number of hydrogen-bond donors (Lipinski definition) is 0. The first-order valence-electron chi connectivity index (χ1n) is 11.0. The van der Waals surface area contributed by atoms with Gasteiger partial charge in [0.1, 0.15) is 12.4 Å². The second-order valence-corrected chi connectivity index (χ2v) is 9.59. The van der Waals surface area contributed by atoms with Crippen molar-refractivity contribution in [3.63, 3.8) is 0 Å². The molecule has 7 nitrogen and oxygen atoms in total. The fraction of sp³-hybridized carbons (Fsp3) is 0.240. The summed E-state index contributed by atoms with van der Waals surface area (Å²) in [5.41, 5.74) is 1.65. The van der Waals surface area contributed by atoms with Crippen LogP contribution in [0.1, 0.15) is 11.1 Å². The molecule has 0 atom stereocenters. The van der Waals surface area contributed by atoms with E-state index in [-0.39, 0.29) is 34.5 Å². The first-order chi connectivity index (χ1) is 16.9. The summed E-state index contributed by atoms with van der Waals surface area (Å²) < 4.78 is 21.4. The van der Waals surface area contributed by atoms with Gasteiger partial charge in [-0.25, -0.2) is 4.39 Å². The predicted molar refractivity (Wildman–Crippen MR) is 132 cm³/mol. The third kappa shape index (κ3) is 4.71. The van der Waals surface area contributed by atoms with E-state index in [1.165, 1.54) is 18.2 Å². The molecule has 2 fully saturated rings. The average Bonchev–Trinajstić information content (AvgIpc) is 3.33. The Labute approximate surface area is 210 Å². The van der Waals surface area contributed by atoms with Crippen molar-refractivity contribution in [2.45, 2.75) is 13.1 Å². The highest BCUT2D eigenvalue weighted by Crippen LogP contribution is 2.36. The van der Waals surface area contributed by atoms with Gasteiger partial charge in [-0.05, 0) is 36.0 Å². The maximum Gasteiger partial charge on any atom is 0.293 e. The average molecular weight is 514 g/mol. The van der Waals surface area contributed by atoms with Crippen LogP contribution >= 0.6 is 23.4 Å². The Balaban J connectivity index is 1.42. The van der Waals surface area contributed by atoms with Gasteiger partial charge < -0.3 is 14.2 Å². The number of nitrogens with zero attached hydrogens (tertiary/aromatic N) is 3. The molecule has 0 bridgehead atoms. The molecule has 0 aliphatic carbocycles. The van der Waals surface area contributed by atoms with Crippen LogP contribution in [0.5, 0.6) is 0 Å². The quantitative estimate of drug-likeness (QED) is 0.469. The molecule has 0 radical (unpaired) electrons. The highest BCUT2D eigenvalue weighted by atomic mass is 35.5. The lowest BCUT2D eigenvalue weighted by atomic mass is 10.1. The van der Waals surface area contributed by atoms with Crippen molar-refractivity contribution in [1.82, 2.24) is 14.4 Å². The van der Waals surface area contributed by atoms with E-state index < -0.39 is 17.0 Å². The van der Waals surface area contributed by atoms with Crippen molar-refractivity contribution < 1.29 is 23.5 Å². The summed E-state index contributed by atoms with van der Waals surface area (Å²) in [5.74, 6) is -1.10. The van der Waals surface area contributed by atoms with Gasteiger partial charge in [-0.1, -0.05) is 35.9 Å². The number of ether oxygens (including phenoxy) is 1. The Morgan fingerprint density at radius 2 is 1.89 bits per heavy atom. The molecule has 3 amide bonds. The van der Waals surface area contributed by atoms with Gasteiger partial charge in [0.15, 0.2) is 0 Å². The number of fused-ring (bicyclic) bond motifs is 1. The smallest absolute Gasteiger partial charge is 0.293 e. The number of amides is 3. The van der Waals surface area contributed by atoms with E-state index in [0.717, 1.165) is 27.6 Å². The van der Waals surface area contributed by atoms with Crippen LogP contribution in [-0.2, 0) is 27.4 Å². The standard InChI is InChI=1S/C25H21ClFN3O4S/c26-19-5-3-6-20(27)18(19)14-30-24(32)22(35-25(30)33)12-16-13-29(21-7-2-1-4-17(16)21)15-23(31)28-8-10-34-11-9-28/h1-7,12-13H,8-11,14-15H2/b22-12+. The predicted octanol–water partition coefficient (Wildman–Crippen LogP) is 4.53. The number of hydrogen-bond acceptors (Lipinski definition) is 5. The van der Waals surface area contributed by atoms with Gasteiger partial charge in [-0.3, -0.25) is 19.3 Å². The van der Waals surface area contributed by atoms with Crippen molar-refractivity contribution in [2.24, 2.45) is 0 Å². The molecule has 3 aromatic rings. The van der Waals surface area contributed by atoms with Gasteiger partial charge >= 0.3 is 0 Å². The second-order valence-electron chi connectivity index (χ2n) is 8.19. The maximum atomic E-state index is 14.2. The van der Waals surface area contributed by atoms with Crippen molar-refractivity contribution in [2.75, 3.05) is 26.3 Å². The van der Waals surface area contributed by atoms with Crippen LogP contribution in [0, 0.1) is 5.82 Å². The summed E-state index contributed by atoms with van der Waals surface area (Å²) in [5, 5.41) is 0.513. The molecular formula is C25H21ClFN3O4S. The molecule has 2 saturated heterocycles. The maximum absolute atomic E-state index is 14.2. The monoisotopic (exact) mass is 513 g/mol. The Hall–Kier alpha value is -3.14. The van der Waals surface area contributed by atoms with E-state index in [4.69, 9.17) is 16.3 Å². The van der Waals surface area contributed by atoms with Crippen LogP contribution in [-0.4, -0.2) is 57.7 Å². The first kappa shape index (κ1) is 23.6. The lowest BCUT2D eigenvalue weighted by molar-refractivity contribution is -0.135. The number of carbonyl (C=O) groups is 3. The zero-order valence-corrected chi connectivity index (χ0v) is 20.2. The van der Waals surface area contributed by atoms with Crippen molar-refractivity contribution in [1.29, 1.82) is 0 Å². The summed E-state index contributed by atoms with van der Waals surface area (Å²) in [6.45, 7) is 2.08. The molecular weight excluding hydrogens is 493 g/mol. The van der Waals surface area contributed by atoms with E-state index >= 15 is 0 Å². The van der Waals surface area contributed by atoms with Gasteiger partial charge in [0.2, 0.25) is 5.91 Å². The molecule has 35 heavy (non-hydrogen) atoms. The number of morpholine rings is 1. The third-order valence-electron chi connectivity index (χ3n) is 6.03. The van der Waals surface area contributed by atoms with E-state index in [0.29, 0.717) is 31.9 Å². The first-order valence-corrected chi connectivity index (χ1v) is 12.2. The van der Waals surface area contributed by atoms with Crippen LogP contribution in [0.15, 0.2) is 53.6 Å². The Bertz CT molecular complexity index is 1350. The summed E-state index contributed by atoms with van der Waals surface area (Å²) in [6, 6.07) is 11.8. The van der Waals surface area contributed by atoms with Gasteiger partial charge in [0, 0.05) is 46.3 Å². The minimum atomic E-state index is -0.575. The lowest BCUT2D eigenvalue weighted by Crippen LogP contribution is -2.42. The number of aromatic nitrogens is 1. The molecule has 2 aliphatic rings. The van der Waals surface area contributed by atoms with E-state index in [9.17, 15) is 18.8 Å². The second kappa shape index (κ2) is 9.85. The molecule has 0 unspecified atom stereocenters. The molecule has 2 aromatic carbocycles. The summed E-state index contributed by atoms with van der Waals surface area (Å²) in [4.78, 5) is 41.4. The van der Waals surface area contributed by atoms with Gasteiger partial charge in [-0.2, -0.15) is 0 Å². The van der Waals surface area contributed by atoms with Crippen LogP contribution in [0.25, 0.3) is 17.0 Å². The molecule has 5 rings (SSSR count). The number of carbonyl (C=O) groups excluding carboxylic acids is 3. The van der Waals surface area contributed by atoms with Crippen molar-refractivity contribution in [3.05, 3.63) is 75.5 Å². The number of imide groups is 1. The number of halogens is 2. The summed E-state index contributed by atoms with van der Waals surface area (Å²) in [7, 11) is 0. The largest absolute Gasteiger partial charge is 0.378 e. The molecule has 180 valence electrons. The van der Waals surface area contributed by atoms with Gasteiger partial charge in [0.25, 0.3) is 11.1 Å². The highest BCUT2D eigenvalue weighted by molar-refractivity contribution is 8.18. The normalized spacial score (nSPS) is 17.7. The Morgan fingerprint density at radius 1 is 1.11 bits per heavy atom. The summed E-state index contributed by atoms with van der Waals surface area (Å²) >= 11 is 6.88. The number of para-hydroxylation sites is 1. The van der Waals surface area contributed by atoms with Crippen molar-refractivity contribution in [3.8, 4) is 0 Å². The van der Waals surface area contributed by atoms with Crippen molar-refractivity contribution >= 4 is 57.4 Å². The molecule has 10 heteroatoms. The van der Waals surface area contributed by atoms with Crippen LogP contribution in [0.2, 0.25) is 5.02 Å². The Morgan fingerprint density at radius 3 is 2.66 bits per heavy atom. The van der Waals surface area contributed by atoms with Gasteiger partial charge in [-0.15, -0.1) is 0 Å². The van der Waals surface area contributed by atoms with E-state index in [1.807, 2.05) is 35.0 Å². The molecule has 3 heterocycles. The number of rotatable bonds is 5. The van der Waals surface area contributed by atoms with Gasteiger partial charge in [0.05, 0.1) is 24.7 Å². The number of thioether (sulfide) groups is 1. The molecule has 0 N–H and O–H groups in total. The molecule has 0 spiro atoms. The Kier molecular flexibility index (Phi) is 6.64. The number of benzene rings is 2. The zero-order valence-electron chi connectivity index (χ0n) is 18.6. The minimum Gasteiger partial charge on any atom is -0.378 e. The van der Waals surface area contributed by atoms with E-state index in [2.05, 4.69) is 0 Å². The van der Waals surface area contributed by atoms with Crippen LogP contribution in [0.3, 0.4) is 0 Å². The molecule has 0 saturated carbocycles. The van der Waals surface area contributed by atoms with E-state index in [1.54, 1.807) is 11.0 Å².